The van der Waals surface area contributed by atoms with Crippen LogP contribution < -0.4 is 5.32 Å². The second-order valence-corrected chi connectivity index (χ2v) is 4.83. The van der Waals surface area contributed by atoms with Crippen LogP contribution in [0.3, 0.4) is 0 Å². The van der Waals surface area contributed by atoms with Crippen LogP contribution in [0.5, 0.6) is 0 Å². The van der Waals surface area contributed by atoms with Crippen LogP contribution in [0.1, 0.15) is 22.3 Å². The highest BCUT2D eigenvalue weighted by Gasteiger charge is 2.13. The lowest BCUT2D eigenvalue weighted by Gasteiger charge is -2.11. The molecule has 0 amide bonds. The second-order valence-electron chi connectivity index (χ2n) is 4.83. The summed E-state index contributed by atoms with van der Waals surface area (Å²) < 4.78 is 0. The summed E-state index contributed by atoms with van der Waals surface area (Å²) in [6, 6.07) is 12.8. The van der Waals surface area contributed by atoms with Crippen LogP contribution in [0.25, 0.3) is 0 Å². The SMILES string of the molecule is Cc1cc([N+](=O)[O-])c(C)cc1NCc1ccccc1C#N. The van der Waals surface area contributed by atoms with Crippen molar-refractivity contribution in [3.05, 3.63) is 68.8 Å². The first-order valence-electron chi connectivity index (χ1n) is 6.50. The Morgan fingerprint density at radius 2 is 1.95 bits per heavy atom. The first-order chi connectivity index (χ1) is 10.0. The Bertz CT molecular complexity index is 733. The number of hydrogen-bond acceptors (Lipinski definition) is 4. The molecule has 0 aromatic heterocycles. The largest absolute Gasteiger partial charge is 0.381 e. The van der Waals surface area contributed by atoms with Crippen molar-refractivity contribution >= 4 is 11.4 Å². The minimum atomic E-state index is -0.378. The molecule has 0 radical (unpaired) electrons. The molecule has 0 fully saturated rings. The van der Waals surface area contributed by atoms with Crippen molar-refractivity contribution in [2.45, 2.75) is 20.4 Å². The van der Waals surface area contributed by atoms with Gasteiger partial charge in [0.15, 0.2) is 0 Å². The number of benzene rings is 2. The van der Waals surface area contributed by atoms with Gasteiger partial charge in [-0.3, -0.25) is 10.1 Å². The van der Waals surface area contributed by atoms with E-state index in [0.29, 0.717) is 17.7 Å². The van der Waals surface area contributed by atoms with Crippen LogP contribution >= 0.6 is 0 Å². The molecule has 0 aliphatic carbocycles. The lowest BCUT2D eigenvalue weighted by molar-refractivity contribution is -0.385. The summed E-state index contributed by atoms with van der Waals surface area (Å²) >= 11 is 0. The maximum Gasteiger partial charge on any atom is 0.272 e. The molecule has 21 heavy (non-hydrogen) atoms. The summed E-state index contributed by atoms with van der Waals surface area (Å²) in [6.07, 6.45) is 0. The number of nitrogens with one attached hydrogen (secondary N) is 1. The van der Waals surface area contributed by atoms with Crippen LogP contribution in [-0.4, -0.2) is 4.92 Å². The fourth-order valence-electron chi connectivity index (χ4n) is 2.16. The monoisotopic (exact) mass is 281 g/mol. The van der Waals surface area contributed by atoms with Gasteiger partial charge in [-0.25, -0.2) is 0 Å². The molecule has 0 saturated carbocycles. The van der Waals surface area contributed by atoms with Gasteiger partial charge in [-0.1, -0.05) is 18.2 Å². The molecule has 0 saturated heterocycles. The number of aryl methyl sites for hydroxylation is 2. The fourth-order valence-corrected chi connectivity index (χ4v) is 2.16. The Hall–Kier alpha value is -2.87. The van der Waals surface area contributed by atoms with E-state index < -0.39 is 0 Å². The summed E-state index contributed by atoms with van der Waals surface area (Å²) in [4.78, 5) is 10.5. The zero-order valence-electron chi connectivity index (χ0n) is 11.9. The predicted molar refractivity (Wildman–Crippen MR) is 81.1 cm³/mol. The number of nitro groups is 1. The van der Waals surface area contributed by atoms with E-state index in [9.17, 15) is 10.1 Å². The van der Waals surface area contributed by atoms with E-state index in [1.807, 2.05) is 25.1 Å². The molecule has 0 bridgehead atoms. The second kappa shape index (κ2) is 6.06. The summed E-state index contributed by atoms with van der Waals surface area (Å²) in [7, 11) is 0. The van der Waals surface area contributed by atoms with Gasteiger partial charge in [0.2, 0.25) is 0 Å². The van der Waals surface area contributed by atoms with Gasteiger partial charge in [0.05, 0.1) is 16.6 Å². The van der Waals surface area contributed by atoms with Gasteiger partial charge in [-0.15, -0.1) is 0 Å². The van der Waals surface area contributed by atoms with E-state index in [1.54, 1.807) is 25.1 Å². The Balaban J connectivity index is 2.23. The zero-order valence-corrected chi connectivity index (χ0v) is 11.9. The summed E-state index contributed by atoms with van der Waals surface area (Å²) in [5, 5.41) is 23.2. The zero-order chi connectivity index (χ0) is 15.4. The van der Waals surface area contributed by atoms with Crippen molar-refractivity contribution < 1.29 is 4.92 Å². The molecule has 0 aliphatic rings. The maximum absolute atomic E-state index is 10.9. The number of hydrogen-bond donors (Lipinski definition) is 1. The predicted octanol–water partition coefficient (Wildman–Crippen LogP) is 3.70. The third kappa shape index (κ3) is 3.18. The Kier molecular flexibility index (Phi) is 4.19. The quantitative estimate of drug-likeness (QED) is 0.684. The smallest absolute Gasteiger partial charge is 0.272 e. The van der Waals surface area contributed by atoms with Gasteiger partial charge >= 0.3 is 0 Å². The Labute approximate surface area is 123 Å². The van der Waals surface area contributed by atoms with E-state index in [0.717, 1.165) is 16.8 Å². The minimum absolute atomic E-state index is 0.121. The van der Waals surface area contributed by atoms with Crippen molar-refractivity contribution in [3.8, 4) is 6.07 Å². The topological polar surface area (TPSA) is 79.0 Å². The molecule has 2 aromatic rings. The number of rotatable bonds is 4. The minimum Gasteiger partial charge on any atom is -0.381 e. The van der Waals surface area contributed by atoms with Crippen LogP contribution in [-0.2, 0) is 6.54 Å². The van der Waals surface area contributed by atoms with Crippen molar-refractivity contribution in [2.75, 3.05) is 5.32 Å². The maximum atomic E-state index is 10.9. The molecule has 2 rings (SSSR count). The van der Waals surface area contributed by atoms with Crippen LogP contribution in [0.15, 0.2) is 36.4 Å². The number of nitrogens with zero attached hydrogens (tertiary/aromatic N) is 2. The average Bonchev–Trinajstić information content (AvgIpc) is 2.47. The molecule has 2 aromatic carbocycles. The summed E-state index contributed by atoms with van der Waals surface area (Å²) in [6.45, 7) is 4.04. The van der Waals surface area contributed by atoms with E-state index in [4.69, 9.17) is 5.26 Å². The number of anilines is 1. The lowest BCUT2D eigenvalue weighted by atomic mass is 10.1. The van der Waals surface area contributed by atoms with E-state index in [-0.39, 0.29) is 10.6 Å². The summed E-state index contributed by atoms with van der Waals surface area (Å²) in [5.41, 5.74) is 3.90. The van der Waals surface area contributed by atoms with Crippen LogP contribution in [0.2, 0.25) is 0 Å². The fraction of sp³-hybridized carbons (Fsp3) is 0.188. The van der Waals surface area contributed by atoms with Crippen LogP contribution in [0, 0.1) is 35.3 Å². The van der Waals surface area contributed by atoms with Crippen molar-refractivity contribution in [2.24, 2.45) is 0 Å². The molecule has 0 spiro atoms. The van der Waals surface area contributed by atoms with Gasteiger partial charge in [0.25, 0.3) is 5.69 Å². The normalized spacial score (nSPS) is 9.95. The van der Waals surface area contributed by atoms with Gasteiger partial charge in [0.1, 0.15) is 0 Å². The molecule has 0 atom stereocenters. The highest BCUT2D eigenvalue weighted by Crippen LogP contribution is 2.26. The highest BCUT2D eigenvalue weighted by atomic mass is 16.6. The van der Waals surface area contributed by atoms with Gasteiger partial charge in [-0.05, 0) is 37.1 Å². The van der Waals surface area contributed by atoms with Gasteiger partial charge < -0.3 is 5.32 Å². The van der Waals surface area contributed by atoms with Crippen molar-refractivity contribution in [1.29, 1.82) is 5.26 Å². The van der Waals surface area contributed by atoms with Crippen LogP contribution in [0.4, 0.5) is 11.4 Å². The van der Waals surface area contributed by atoms with E-state index in [1.165, 1.54) is 0 Å². The molecule has 0 aliphatic heterocycles. The number of nitriles is 1. The molecule has 106 valence electrons. The van der Waals surface area contributed by atoms with Gasteiger partial charge in [0, 0.05) is 23.9 Å². The highest BCUT2D eigenvalue weighted by molar-refractivity contribution is 5.59. The van der Waals surface area contributed by atoms with Crippen molar-refractivity contribution in [1.82, 2.24) is 0 Å². The van der Waals surface area contributed by atoms with Crippen molar-refractivity contribution in [3.63, 3.8) is 0 Å². The third-order valence-corrected chi connectivity index (χ3v) is 3.35. The molecular weight excluding hydrogens is 266 g/mol. The average molecular weight is 281 g/mol. The lowest BCUT2D eigenvalue weighted by Crippen LogP contribution is -2.04. The van der Waals surface area contributed by atoms with E-state index >= 15 is 0 Å². The molecule has 5 nitrogen and oxygen atoms in total. The summed E-state index contributed by atoms with van der Waals surface area (Å²) in [5.74, 6) is 0. The Morgan fingerprint density at radius 3 is 2.62 bits per heavy atom. The molecular formula is C16H15N3O2. The third-order valence-electron chi connectivity index (χ3n) is 3.35. The van der Waals surface area contributed by atoms with E-state index in [2.05, 4.69) is 11.4 Å². The standard InChI is InChI=1S/C16H15N3O2/c1-11-8-16(19(20)21)12(2)7-15(11)18-10-14-6-4-3-5-13(14)9-17/h3-8,18H,10H2,1-2H3. The number of nitro benzene ring substituents is 1. The molecule has 1 N–H and O–H groups in total. The molecule has 5 heteroatoms. The molecule has 0 unspecified atom stereocenters. The first kappa shape index (κ1) is 14.5. The van der Waals surface area contributed by atoms with Gasteiger partial charge in [-0.2, -0.15) is 5.26 Å². The Morgan fingerprint density at radius 1 is 1.24 bits per heavy atom. The first-order valence-corrected chi connectivity index (χ1v) is 6.50. The molecule has 0 heterocycles.